The Labute approximate surface area is 224 Å². The van der Waals surface area contributed by atoms with Gasteiger partial charge in [0.05, 0.1) is 0 Å². The number of benzene rings is 4. The molecule has 0 aromatic heterocycles. The molecule has 3 unspecified atom stereocenters. The molecule has 2 aliphatic rings. The minimum absolute atomic E-state index is 0.410. The molecule has 4 aromatic carbocycles. The topological polar surface area (TPSA) is 0 Å². The van der Waals surface area contributed by atoms with Crippen molar-refractivity contribution in [3.8, 4) is 0 Å². The standard InChI is InChI=1S/C35H34P2/c1-5-17-30(18-6-1)36(31-19-7-2-8-20-31)34-25-13-15-28(34)27-29-16-14-26-35(29)37(32-21-9-3-10-22-32)33-23-11-4-12-24-33/h1-24,28-29,34-35H,25-27H2/t28-,29?,34?,35?/m1/s1. The largest absolute Gasteiger partial charge is 0.0876 e. The highest BCUT2D eigenvalue weighted by atomic mass is 31.1. The Morgan fingerprint density at radius 2 is 0.730 bits per heavy atom. The number of rotatable bonds is 8. The predicted molar refractivity (Wildman–Crippen MR) is 165 cm³/mol. The zero-order valence-corrected chi connectivity index (χ0v) is 23.0. The molecule has 0 fully saturated rings. The average molecular weight is 517 g/mol. The van der Waals surface area contributed by atoms with Crippen molar-refractivity contribution in [2.24, 2.45) is 11.8 Å². The van der Waals surface area contributed by atoms with E-state index in [4.69, 9.17) is 0 Å². The highest BCUT2D eigenvalue weighted by molar-refractivity contribution is 7.74. The first-order chi connectivity index (χ1) is 18.4. The van der Waals surface area contributed by atoms with Crippen LogP contribution in [-0.4, -0.2) is 11.3 Å². The Kier molecular flexibility index (Phi) is 7.78. The van der Waals surface area contributed by atoms with E-state index < -0.39 is 15.8 Å². The van der Waals surface area contributed by atoms with Crippen LogP contribution >= 0.6 is 15.8 Å². The summed E-state index contributed by atoms with van der Waals surface area (Å²) in [6, 6.07) is 45.2. The number of hydrogen-bond donors (Lipinski definition) is 0. The summed E-state index contributed by atoms with van der Waals surface area (Å²) in [6.07, 6.45) is 13.7. The SMILES string of the molecule is C1=CC(C[C@H]2C=CCC2P(c2ccccc2)c2ccccc2)C(P(c2ccccc2)c2ccccc2)C1. The molecular weight excluding hydrogens is 482 g/mol. The molecule has 0 radical (unpaired) electrons. The van der Waals surface area contributed by atoms with Crippen LogP contribution in [0.25, 0.3) is 0 Å². The molecule has 6 rings (SSSR count). The maximum atomic E-state index is 2.56. The lowest BCUT2D eigenvalue weighted by molar-refractivity contribution is 0.481. The Morgan fingerprint density at radius 1 is 0.432 bits per heavy atom. The van der Waals surface area contributed by atoms with Crippen LogP contribution in [0, 0.1) is 11.8 Å². The molecule has 0 saturated heterocycles. The predicted octanol–water partition coefficient (Wildman–Crippen LogP) is 7.53. The maximum Gasteiger partial charge on any atom is -0.00311 e. The van der Waals surface area contributed by atoms with Crippen LogP contribution in [0.15, 0.2) is 146 Å². The highest BCUT2D eigenvalue weighted by Crippen LogP contribution is 2.53. The summed E-state index contributed by atoms with van der Waals surface area (Å²) < 4.78 is 0. The average Bonchev–Trinajstić information content (AvgIpc) is 3.62. The Balaban J connectivity index is 1.30. The molecule has 0 aliphatic heterocycles. The number of allylic oxidation sites excluding steroid dienone is 4. The summed E-state index contributed by atoms with van der Waals surface area (Å²) in [7, 11) is -0.820. The van der Waals surface area contributed by atoms with E-state index in [-0.39, 0.29) is 0 Å². The maximum absolute atomic E-state index is 2.56. The van der Waals surface area contributed by atoms with E-state index in [1.54, 1.807) is 0 Å². The lowest BCUT2D eigenvalue weighted by atomic mass is 9.93. The molecule has 4 aromatic rings. The molecule has 0 N–H and O–H groups in total. The molecule has 0 bridgehead atoms. The summed E-state index contributed by atoms with van der Waals surface area (Å²) in [6.45, 7) is 0. The van der Waals surface area contributed by atoms with E-state index in [0.29, 0.717) is 23.2 Å². The van der Waals surface area contributed by atoms with Crippen LogP contribution < -0.4 is 21.2 Å². The molecule has 4 atom stereocenters. The molecule has 0 heterocycles. The molecule has 0 nitrogen and oxygen atoms in total. The van der Waals surface area contributed by atoms with E-state index in [1.807, 2.05) is 0 Å². The molecule has 2 heteroatoms. The third-order valence-corrected chi connectivity index (χ3v) is 13.8. The smallest absolute Gasteiger partial charge is 0.00311 e. The van der Waals surface area contributed by atoms with Gasteiger partial charge in [0.1, 0.15) is 0 Å². The second kappa shape index (κ2) is 11.7. The fourth-order valence-electron chi connectivity index (χ4n) is 6.19. The van der Waals surface area contributed by atoms with Crippen LogP contribution in [0.3, 0.4) is 0 Å². The molecule has 0 spiro atoms. The van der Waals surface area contributed by atoms with Gasteiger partial charge < -0.3 is 0 Å². The lowest BCUT2D eigenvalue weighted by Gasteiger charge is -2.35. The van der Waals surface area contributed by atoms with Gasteiger partial charge in [-0.15, -0.1) is 0 Å². The zero-order chi connectivity index (χ0) is 24.9. The molecule has 0 saturated carbocycles. The normalized spacial score (nSPS) is 22.8. The third-order valence-electron chi connectivity index (χ3n) is 7.86. The van der Waals surface area contributed by atoms with Crippen molar-refractivity contribution in [3.05, 3.63) is 146 Å². The van der Waals surface area contributed by atoms with Crippen molar-refractivity contribution in [2.45, 2.75) is 30.6 Å². The third kappa shape index (κ3) is 5.43. The van der Waals surface area contributed by atoms with E-state index in [9.17, 15) is 0 Å². The monoisotopic (exact) mass is 516 g/mol. The van der Waals surface area contributed by atoms with Crippen molar-refractivity contribution in [1.29, 1.82) is 0 Å². The molecule has 2 aliphatic carbocycles. The van der Waals surface area contributed by atoms with Gasteiger partial charge >= 0.3 is 0 Å². The van der Waals surface area contributed by atoms with Gasteiger partial charge in [-0.05, 0) is 79.5 Å². The van der Waals surface area contributed by atoms with Gasteiger partial charge in [0.2, 0.25) is 0 Å². The van der Waals surface area contributed by atoms with Gasteiger partial charge in [-0.1, -0.05) is 146 Å². The second-order valence-electron chi connectivity index (χ2n) is 10.1. The molecular formula is C35H34P2. The van der Waals surface area contributed by atoms with E-state index in [2.05, 4.69) is 146 Å². The van der Waals surface area contributed by atoms with Gasteiger partial charge in [0, 0.05) is 0 Å². The zero-order valence-electron chi connectivity index (χ0n) is 21.2. The Bertz CT molecular complexity index is 1130. The highest BCUT2D eigenvalue weighted by Gasteiger charge is 2.38. The van der Waals surface area contributed by atoms with Gasteiger partial charge in [-0.3, -0.25) is 0 Å². The summed E-state index contributed by atoms with van der Waals surface area (Å²) >= 11 is 0. The van der Waals surface area contributed by atoms with E-state index >= 15 is 0 Å². The molecule has 184 valence electrons. The van der Waals surface area contributed by atoms with Crippen LogP contribution in [0.5, 0.6) is 0 Å². The van der Waals surface area contributed by atoms with Crippen molar-refractivity contribution >= 4 is 37.1 Å². The van der Waals surface area contributed by atoms with Gasteiger partial charge in [-0.2, -0.15) is 0 Å². The first-order valence-electron chi connectivity index (χ1n) is 13.5. The minimum atomic E-state index is -0.410. The van der Waals surface area contributed by atoms with Gasteiger partial charge in [-0.25, -0.2) is 0 Å². The van der Waals surface area contributed by atoms with E-state index in [1.165, 1.54) is 40.5 Å². The first kappa shape index (κ1) is 24.6. The van der Waals surface area contributed by atoms with Crippen molar-refractivity contribution in [3.63, 3.8) is 0 Å². The minimum Gasteiger partial charge on any atom is -0.0876 e. The fourth-order valence-corrected chi connectivity index (χ4v) is 12.2. The van der Waals surface area contributed by atoms with E-state index in [0.717, 1.165) is 0 Å². The van der Waals surface area contributed by atoms with Crippen molar-refractivity contribution in [2.75, 3.05) is 0 Å². The van der Waals surface area contributed by atoms with Crippen LogP contribution in [0.1, 0.15) is 19.3 Å². The Morgan fingerprint density at radius 3 is 1.03 bits per heavy atom. The van der Waals surface area contributed by atoms with Crippen molar-refractivity contribution in [1.82, 2.24) is 0 Å². The van der Waals surface area contributed by atoms with Gasteiger partial charge in [0.15, 0.2) is 0 Å². The van der Waals surface area contributed by atoms with Crippen molar-refractivity contribution < 1.29 is 0 Å². The van der Waals surface area contributed by atoms with Crippen LogP contribution in [0.2, 0.25) is 0 Å². The summed E-state index contributed by atoms with van der Waals surface area (Å²) in [5, 5.41) is 6.04. The lowest BCUT2D eigenvalue weighted by Crippen LogP contribution is -2.29. The van der Waals surface area contributed by atoms with Crippen LogP contribution in [0.4, 0.5) is 0 Å². The molecule has 0 amide bonds. The number of hydrogen-bond acceptors (Lipinski definition) is 0. The summed E-state index contributed by atoms with van der Waals surface area (Å²) in [5.74, 6) is 1.23. The Hall–Kier alpha value is -2.78. The quantitative estimate of drug-likeness (QED) is 0.168. The van der Waals surface area contributed by atoms with Crippen LogP contribution in [-0.2, 0) is 0 Å². The fraction of sp³-hybridized carbons (Fsp3) is 0.200. The first-order valence-corrected chi connectivity index (χ1v) is 16.3. The second-order valence-corrected chi connectivity index (χ2v) is 15.0. The summed E-state index contributed by atoms with van der Waals surface area (Å²) in [5.41, 5.74) is 1.32. The van der Waals surface area contributed by atoms with Gasteiger partial charge in [0.25, 0.3) is 0 Å². The molecule has 37 heavy (non-hydrogen) atoms. The summed E-state index contributed by atoms with van der Waals surface area (Å²) in [4.78, 5) is 0.